The number of fused-ring (bicyclic) bond motifs is 1. The number of alkyl halides is 3. The molecule has 4 aromatic carbocycles. The van der Waals surface area contributed by atoms with E-state index in [0.717, 1.165) is 42.5 Å². The molecule has 3 nitrogen and oxygen atoms in total. The summed E-state index contributed by atoms with van der Waals surface area (Å²) in [6.07, 6.45) is -2.15. The normalized spacial score (nSPS) is 20.1. The topological polar surface area (TPSA) is 18.8 Å². The lowest BCUT2D eigenvalue weighted by atomic mass is 9.82. The summed E-state index contributed by atoms with van der Waals surface area (Å²) < 4.78 is 39.8. The van der Waals surface area contributed by atoms with Crippen LogP contribution in [0.3, 0.4) is 0 Å². The van der Waals surface area contributed by atoms with Crippen LogP contribution < -0.4 is 4.90 Å². The standard InChI is InChI=1S/C33H29ClF3N3/c1-32(30-11-4-7-23-6-2-3-10-29(23)30)26(21-31(38-32)24-12-14-27(34)15-13-24)22-39-16-18-40(19-17-39)28-9-5-8-25(20-28)33(35,36)37/h2-15,20-21H,16-19,22H2,1H3. The molecular formula is C33H29ClF3N3. The van der Waals surface area contributed by atoms with Gasteiger partial charge in [0, 0.05) is 43.4 Å². The van der Waals surface area contributed by atoms with Gasteiger partial charge in [-0.25, -0.2) is 0 Å². The Morgan fingerprint density at radius 1 is 0.850 bits per heavy atom. The third-order valence-electron chi connectivity index (χ3n) is 8.04. The summed E-state index contributed by atoms with van der Waals surface area (Å²) in [7, 11) is 0. The van der Waals surface area contributed by atoms with E-state index in [1.165, 1.54) is 28.5 Å². The molecule has 0 amide bonds. The van der Waals surface area contributed by atoms with Gasteiger partial charge in [0.1, 0.15) is 5.54 Å². The van der Waals surface area contributed by atoms with Gasteiger partial charge in [0.25, 0.3) is 0 Å². The Balaban J connectivity index is 1.28. The van der Waals surface area contributed by atoms with Crippen LogP contribution in [0.15, 0.2) is 108 Å². The number of hydrogen-bond donors (Lipinski definition) is 0. The molecule has 6 rings (SSSR count). The number of halogens is 4. The van der Waals surface area contributed by atoms with E-state index in [1.807, 2.05) is 35.2 Å². The molecule has 1 unspecified atom stereocenters. The molecule has 4 aromatic rings. The van der Waals surface area contributed by atoms with Crippen LogP contribution in [0, 0.1) is 0 Å². The van der Waals surface area contributed by atoms with Gasteiger partial charge in [0.2, 0.25) is 0 Å². The maximum atomic E-state index is 13.3. The number of piperazine rings is 1. The molecule has 2 aliphatic rings. The van der Waals surface area contributed by atoms with Gasteiger partial charge in [-0.2, -0.15) is 13.2 Å². The van der Waals surface area contributed by atoms with Crippen molar-refractivity contribution < 1.29 is 13.2 Å². The Kier molecular flexibility index (Phi) is 6.93. The van der Waals surface area contributed by atoms with Crippen LogP contribution >= 0.6 is 11.6 Å². The Morgan fingerprint density at radius 2 is 1.55 bits per heavy atom. The second-order valence-corrected chi connectivity index (χ2v) is 11.0. The first kappa shape index (κ1) is 26.6. The molecule has 40 heavy (non-hydrogen) atoms. The average Bonchev–Trinajstić information content (AvgIpc) is 3.29. The maximum absolute atomic E-state index is 13.3. The molecule has 1 atom stereocenters. The fraction of sp³-hybridized carbons (Fsp3) is 0.242. The SMILES string of the molecule is CC1(c2cccc3ccccc23)N=C(c2ccc(Cl)cc2)C=C1CN1CCN(c2cccc(C(F)(F)F)c2)CC1. The summed E-state index contributed by atoms with van der Waals surface area (Å²) in [5.74, 6) is 0. The van der Waals surface area contributed by atoms with E-state index in [0.29, 0.717) is 23.8 Å². The molecule has 0 radical (unpaired) electrons. The molecule has 0 aliphatic carbocycles. The van der Waals surface area contributed by atoms with Gasteiger partial charge >= 0.3 is 6.18 Å². The summed E-state index contributed by atoms with van der Waals surface area (Å²) in [5, 5.41) is 3.03. The van der Waals surface area contributed by atoms with Crippen molar-refractivity contribution in [2.24, 2.45) is 4.99 Å². The van der Waals surface area contributed by atoms with E-state index < -0.39 is 17.3 Å². The maximum Gasteiger partial charge on any atom is 0.416 e. The van der Waals surface area contributed by atoms with Crippen LogP contribution in [-0.2, 0) is 11.7 Å². The van der Waals surface area contributed by atoms with Crippen molar-refractivity contribution >= 4 is 33.8 Å². The highest BCUT2D eigenvalue weighted by molar-refractivity contribution is 6.30. The molecule has 2 aliphatic heterocycles. The first-order valence-corrected chi connectivity index (χ1v) is 13.8. The average molecular weight is 560 g/mol. The Labute approximate surface area is 237 Å². The lowest BCUT2D eigenvalue weighted by molar-refractivity contribution is -0.137. The van der Waals surface area contributed by atoms with E-state index in [2.05, 4.69) is 54.3 Å². The molecule has 1 fully saturated rings. The van der Waals surface area contributed by atoms with Crippen LogP contribution in [-0.4, -0.2) is 43.3 Å². The van der Waals surface area contributed by atoms with Crippen molar-refractivity contribution in [3.05, 3.63) is 124 Å². The molecule has 0 N–H and O–H groups in total. The van der Waals surface area contributed by atoms with E-state index in [9.17, 15) is 13.2 Å². The number of nitrogens with zero attached hydrogens (tertiary/aromatic N) is 3. The minimum atomic E-state index is -4.35. The van der Waals surface area contributed by atoms with E-state index in [-0.39, 0.29) is 0 Å². The predicted molar refractivity (Wildman–Crippen MR) is 157 cm³/mol. The lowest BCUT2D eigenvalue weighted by Gasteiger charge is -2.38. The van der Waals surface area contributed by atoms with E-state index >= 15 is 0 Å². The van der Waals surface area contributed by atoms with Crippen molar-refractivity contribution in [2.75, 3.05) is 37.6 Å². The molecule has 2 heterocycles. The van der Waals surface area contributed by atoms with Crippen molar-refractivity contribution in [2.45, 2.75) is 18.6 Å². The van der Waals surface area contributed by atoms with Gasteiger partial charge in [-0.1, -0.05) is 72.3 Å². The van der Waals surface area contributed by atoms with Crippen LogP contribution in [0.2, 0.25) is 5.02 Å². The van der Waals surface area contributed by atoms with Crippen LogP contribution in [0.25, 0.3) is 10.8 Å². The smallest absolute Gasteiger partial charge is 0.369 e. The lowest BCUT2D eigenvalue weighted by Crippen LogP contribution is -2.47. The second kappa shape index (κ2) is 10.4. The minimum Gasteiger partial charge on any atom is -0.369 e. The summed E-state index contributed by atoms with van der Waals surface area (Å²) in [6, 6.07) is 28.1. The second-order valence-electron chi connectivity index (χ2n) is 10.6. The summed E-state index contributed by atoms with van der Waals surface area (Å²) in [4.78, 5) is 9.73. The molecule has 204 valence electrons. The number of allylic oxidation sites excluding steroid dienone is 1. The third-order valence-corrected chi connectivity index (χ3v) is 8.29. The number of aliphatic imine (C=N–C) groups is 1. The zero-order valence-corrected chi connectivity index (χ0v) is 22.9. The Morgan fingerprint density at radius 3 is 2.30 bits per heavy atom. The minimum absolute atomic E-state index is 0.562. The van der Waals surface area contributed by atoms with Gasteiger partial charge in [-0.3, -0.25) is 9.89 Å². The zero-order chi connectivity index (χ0) is 27.9. The highest BCUT2D eigenvalue weighted by Crippen LogP contribution is 2.42. The first-order valence-electron chi connectivity index (χ1n) is 13.4. The van der Waals surface area contributed by atoms with Gasteiger partial charge in [0.05, 0.1) is 11.3 Å². The van der Waals surface area contributed by atoms with E-state index in [1.54, 1.807) is 6.07 Å². The Hall–Kier alpha value is -3.61. The van der Waals surface area contributed by atoms with Gasteiger partial charge < -0.3 is 4.90 Å². The monoisotopic (exact) mass is 559 g/mol. The molecule has 1 saturated heterocycles. The van der Waals surface area contributed by atoms with Crippen molar-refractivity contribution in [1.29, 1.82) is 0 Å². The molecule has 0 bridgehead atoms. The van der Waals surface area contributed by atoms with Gasteiger partial charge in [-0.05, 0) is 70.8 Å². The van der Waals surface area contributed by atoms with Crippen molar-refractivity contribution in [1.82, 2.24) is 4.90 Å². The van der Waals surface area contributed by atoms with Crippen LogP contribution in [0.4, 0.5) is 18.9 Å². The van der Waals surface area contributed by atoms with Crippen LogP contribution in [0.1, 0.15) is 23.6 Å². The van der Waals surface area contributed by atoms with Crippen LogP contribution in [0.5, 0.6) is 0 Å². The van der Waals surface area contributed by atoms with Crippen molar-refractivity contribution in [3.63, 3.8) is 0 Å². The summed E-state index contributed by atoms with van der Waals surface area (Å²) >= 11 is 6.16. The molecular weight excluding hydrogens is 531 g/mol. The number of hydrogen-bond acceptors (Lipinski definition) is 3. The predicted octanol–water partition coefficient (Wildman–Crippen LogP) is 7.98. The molecule has 0 saturated carbocycles. The highest BCUT2D eigenvalue weighted by atomic mass is 35.5. The van der Waals surface area contributed by atoms with Gasteiger partial charge in [-0.15, -0.1) is 0 Å². The summed E-state index contributed by atoms with van der Waals surface area (Å²) in [5.41, 5.74) is 3.73. The number of rotatable bonds is 5. The molecule has 0 aromatic heterocycles. The highest BCUT2D eigenvalue weighted by Gasteiger charge is 2.38. The number of benzene rings is 4. The number of anilines is 1. The van der Waals surface area contributed by atoms with E-state index in [4.69, 9.17) is 16.6 Å². The summed E-state index contributed by atoms with van der Waals surface area (Å²) in [6.45, 7) is 5.71. The fourth-order valence-corrected chi connectivity index (χ4v) is 5.91. The quantitative estimate of drug-likeness (QED) is 0.247. The largest absolute Gasteiger partial charge is 0.416 e. The first-order chi connectivity index (χ1) is 19.2. The van der Waals surface area contributed by atoms with Gasteiger partial charge in [0.15, 0.2) is 0 Å². The fourth-order valence-electron chi connectivity index (χ4n) is 5.79. The zero-order valence-electron chi connectivity index (χ0n) is 22.1. The third kappa shape index (κ3) is 5.14. The Bertz CT molecular complexity index is 1600. The molecule has 7 heteroatoms. The molecule has 0 spiro atoms. The van der Waals surface area contributed by atoms with Crippen molar-refractivity contribution in [3.8, 4) is 0 Å².